The van der Waals surface area contributed by atoms with Crippen LogP contribution in [0.5, 0.6) is 5.88 Å². The van der Waals surface area contributed by atoms with Crippen LogP contribution in [0, 0.1) is 10.1 Å². The van der Waals surface area contributed by atoms with Crippen LogP contribution in [-0.2, 0) is 6.42 Å². The van der Waals surface area contributed by atoms with E-state index in [9.17, 15) is 10.1 Å². The predicted octanol–water partition coefficient (Wildman–Crippen LogP) is 2.73. The SMILES string of the molecule is O=[N+]([O-])c1ccc2c3c(nc(Cl)c2c1)OCC3. The van der Waals surface area contributed by atoms with Crippen LogP contribution in [0.2, 0.25) is 5.15 Å². The monoisotopic (exact) mass is 250 g/mol. The van der Waals surface area contributed by atoms with Crippen molar-refractivity contribution in [1.29, 1.82) is 0 Å². The number of nitro groups is 1. The van der Waals surface area contributed by atoms with Crippen molar-refractivity contribution >= 4 is 28.1 Å². The van der Waals surface area contributed by atoms with Crippen molar-refractivity contribution in [1.82, 2.24) is 4.98 Å². The quantitative estimate of drug-likeness (QED) is 0.443. The molecule has 0 atom stereocenters. The third kappa shape index (κ3) is 1.51. The molecule has 0 aliphatic carbocycles. The first-order valence-corrected chi connectivity index (χ1v) is 5.44. The van der Waals surface area contributed by atoms with Crippen molar-refractivity contribution in [2.24, 2.45) is 0 Å². The lowest BCUT2D eigenvalue weighted by Crippen LogP contribution is -1.91. The minimum absolute atomic E-state index is 0.0139. The first-order valence-electron chi connectivity index (χ1n) is 5.06. The Labute approximate surface area is 101 Å². The van der Waals surface area contributed by atoms with Crippen molar-refractivity contribution in [3.63, 3.8) is 0 Å². The molecule has 1 aliphatic rings. The highest BCUT2D eigenvalue weighted by atomic mass is 35.5. The summed E-state index contributed by atoms with van der Waals surface area (Å²) in [7, 11) is 0. The Balaban J connectivity index is 2.35. The lowest BCUT2D eigenvalue weighted by atomic mass is 10.1. The second-order valence-corrected chi connectivity index (χ2v) is 4.13. The molecule has 1 aromatic carbocycles. The predicted molar refractivity (Wildman–Crippen MR) is 62.6 cm³/mol. The summed E-state index contributed by atoms with van der Waals surface area (Å²) in [5.41, 5.74) is 0.986. The van der Waals surface area contributed by atoms with Gasteiger partial charge < -0.3 is 4.74 Å². The molecule has 0 N–H and O–H groups in total. The zero-order chi connectivity index (χ0) is 12.0. The topological polar surface area (TPSA) is 65.3 Å². The Bertz CT molecular complexity index is 642. The highest BCUT2D eigenvalue weighted by Gasteiger charge is 2.20. The van der Waals surface area contributed by atoms with Gasteiger partial charge in [0.05, 0.1) is 11.5 Å². The summed E-state index contributed by atoms with van der Waals surface area (Å²) in [6.07, 6.45) is 0.758. The number of halogens is 1. The van der Waals surface area contributed by atoms with E-state index in [1.54, 1.807) is 6.07 Å². The molecule has 5 nitrogen and oxygen atoms in total. The van der Waals surface area contributed by atoms with Crippen LogP contribution in [0.1, 0.15) is 5.56 Å². The lowest BCUT2D eigenvalue weighted by Gasteiger charge is -2.05. The van der Waals surface area contributed by atoms with E-state index < -0.39 is 4.92 Å². The first kappa shape index (κ1) is 10.3. The van der Waals surface area contributed by atoms with Crippen molar-refractivity contribution in [3.05, 3.63) is 39.0 Å². The van der Waals surface area contributed by atoms with E-state index in [0.717, 1.165) is 17.4 Å². The number of hydrogen-bond donors (Lipinski definition) is 0. The van der Waals surface area contributed by atoms with Gasteiger partial charge in [0.15, 0.2) is 0 Å². The number of ether oxygens (including phenoxy) is 1. The minimum Gasteiger partial charge on any atom is -0.477 e. The van der Waals surface area contributed by atoms with Crippen molar-refractivity contribution < 1.29 is 9.66 Å². The Morgan fingerprint density at radius 2 is 2.24 bits per heavy atom. The van der Waals surface area contributed by atoms with Crippen LogP contribution in [-0.4, -0.2) is 16.5 Å². The second-order valence-electron chi connectivity index (χ2n) is 3.77. The van der Waals surface area contributed by atoms with Crippen LogP contribution < -0.4 is 4.74 Å². The summed E-state index contributed by atoms with van der Waals surface area (Å²) >= 11 is 6.00. The molecule has 0 bridgehead atoms. The van der Waals surface area contributed by atoms with E-state index in [4.69, 9.17) is 16.3 Å². The highest BCUT2D eigenvalue weighted by Crippen LogP contribution is 2.35. The summed E-state index contributed by atoms with van der Waals surface area (Å²) in [5.74, 6) is 0.538. The summed E-state index contributed by atoms with van der Waals surface area (Å²) < 4.78 is 5.34. The van der Waals surface area contributed by atoms with Crippen LogP contribution in [0.15, 0.2) is 18.2 Å². The van der Waals surface area contributed by atoms with E-state index in [1.807, 2.05) is 0 Å². The van der Waals surface area contributed by atoms with Crippen LogP contribution >= 0.6 is 11.6 Å². The zero-order valence-electron chi connectivity index (χ0n) is 8.64. The van der Waals surface area contributed by atoms with Crippen LogP contribution in [0.4, 0.5) is 5.69 Å². The average molecular weight is 251 g/mol. The summed E-state index contributed by atoms with van der Waals surface area (Å²) in [4.78, 5) is 14.4. The van der Waals surface area contributed by atoms with Gasteiger partial charge >= 0.3 is 0 Å². The standard InChI is InChI=1S/C11H7ClN2O3/c12-10-9-5-6(14(15)16)1-2-7(9)8-3-4-17-11(8)13-10/h1-2,5H,3-4H2. The van der Waals surface area contributed by atoms with Crippen LogP contribution in [0.3, 0.4) is 0 Å². The molecular weight excluding hydrogens is 244 g/mol. The molecule has 1 aromatic heterocycles. The Kier molecular flexibility index (Phi) is 2.16. The maximum atomic E-state index is 10.7. The number of nitro benzene ring substituents is 1. The molecule has 2 aromatic rings. The van der Waals surface area contributed by atoms with E-state index in [0.29, 0.717) is 17.9 Å². The number of nitrogens with zero attached hydrogens (tertiary/aromatic N) is 2. The molecule has 0 saturated carbocycles. The Morgan fingerprint density at radius 1 is 1.41 bits per heavy atom. The Hall–Kier alpha value is -1.88. The maximum Gasteiger partial charge on any atom is 0.270 e. The third-order valence-electron chi connectivity index (χ3n) is 2.81. The van der Waals surface area contributed by atoms with E-state index in [2.05, 4.69) is 4.98 Å². The van der Waals surface area contributed by atoms with Gasteiger partial charge in [-0.25, -0.2) is 4.98 Å². The highest BCUT2D eigenvalue weighted by molar-refractivity contribution is 6.34. The largest absolute Gasteiger partial charge is 0.477 e. The fraction of sp³-hybridized carbons (Fsp3) is 0.182. The molecule has 0 amide bonds. The normalized spacial score (nSPS) is 13.5. The molecule has 0 radical (unpaired) electrons. The smallest absolute Gasteiger partial charge is 0.270 e. The van der Waals surface area contributed by atoms with Crippen molar-refractivity contribution in [2.75, 3.05) is 6.61 Å². The fourth-order valence-electron chi connectivity index (χ4n) is 2.02. The van der Waals surface area contributed by atoms with Gasteiger partial charge in [0, 0.05) is 29.5 Å². The average Bonchev–Trinajstić information content (AvgIpc) is 2.76. The van der Waals surface area contributed by atoms with Gasteiger partial charge in [-0.15, -0.1) is 0 Å². The Morgan fingerprint density at radius 3 is 3.00 bits per heavy atom. The number of pyridine rings is 1. The number of benzene rings is 1. The van der Waals surface area contributed by atoms with Gasteiger partial charge in [-0.2, -0.15) is 0 Å². The molecule has 17 heavy (non-hydrogen) atoms. The zero-order valence-corrected chi connectivity index (χ0v) is 9.40. The molecule has 0 fully saturated rings. The van der Waals surface area contributed by atoms with Gasteiger partial charge in [-0.3, -0.25) is 10.1 Å². The molecular formula is C11H7ClN2O3. The summed E-state index contributed by atoms with van der Waals surface area (Å²) in [6.45, 7) is 0.578. The number of aromatic nitrogens is 1. The number of hydrogen-bond acceptors (Lipinski definition) is 4. The molecule has 6 heteroatoms. The fourth-order valence-corrected chi connectivity index (χ4v) is 2.26. The summed E-state index contributed by atoms with van der Waals surface area (Å²) in [5, 5.41) is 12.4. The lowest BCUT2D eigenvalue weighted by molar-refractivity contribution is -0.384. The second kappa shape index (κ2) is 3.56. The van der Waals surface area contributed by atoms with Gasteiger partial charge in [0.1, 0.15) is 5.15 Å². The van der Waals surface area contributed by atoms with Crippen molar-refractivity contribution in [2.45, 2.75) is 6.42 Å². The van der Waals surface area contributed by atoms with E-state index in [-0.39, 0.29) is 10.8 Å². The van der Waals surface area contributed by atoms with Crippen molar-refractivity contribution in [3.8, 4) is 5.88 Å². The van der Waals surface area contributed by atoms with E-state index >= 15 is 0 Å². The molecule has 86 valence electrons. The molecule has 0 spiro atoms. The molecule has 0 unspecified atom stereocenters. The number of non-ortho nitro benzene ring substituents is 1. The molecule has 1 aliphatic heterocycles. The molecule has 2 heterocycles. The minimum atomic E-state index is -0.445. The first-order chi connectivity index (χ1) is 8.16. The number of fused-ring (bicyclic) bond motifs is 3. The third-order valence-corrected chi connectivity index (χ3v) is 3.10. The number of rotatable bonds is 1. The molecule has 0 saturated heterocycles. The maximum absolute atomic E-state index is 10.7. The van der Waals surface area contributed by atoms with Crippen LogP contribution in [0.25, 0.3) is 10.8 Å². The van der Waals surface area contributed by atoms with Gasteiger partial charge in [-0.1, -0.05) is 11.6 Å². The van der Waals surface area contributed by atoms with Gasteiger partial charge in [0.2, 0.25) is 5.88 Å². The van der Waals surface area contributed by atoms with E-state index in [1.165, 1.54) is 12.1 Å². The summed E-state index contributed by atoms with van der Waals surface area (Å²) in [6, 6.07) is 4.62. The van der Waals surface area contributed by atoms with Gasteiger partial charge in [0.25, 0.3) is 5.69 Å². The molecule has 3 rings (SSSR count). The van der Waals surface area contributed by atoms with Gasteiger partial charge in [-0.05, 0) is 11.5 Å².